The molecule has 1 aliphatic rings. The molecule has 0 fully saturated rings. The molecule has 1 amide bonds. The van der Waals surface area contributed by atoms with E-state index in [2.05, 4.69) is 37.4 Å². The molecular formula is C33H28N8O2. The number of nitrogens with one attached hydrogen (secondary N) is 2. The van der Waals surface area contributed by atoms with Gasteiger partial charge in [-0.15, -0.1) is 5.10 Å². The maximum absolute atomic E-state index is 14.3. The highest BCUT2D eigenvalue weighted by Gasteiger charge is 2.24. The van der Waals surface area contributed by atoms with Crippen LogP contribution < -0.4 is 16.6 Å². The Balaban J connectivity index is 1.33. The van der Waals surface area contributed by atoms with Gasteiger partial charge in [0.05, 0.1) is 11.4 Å². The molecule has 0 aliphatic heterocycles. The number of hydrogen-bond acceptors (Lipinski definition) is 6. The number of carbonyl (C=O) groups is 1. The standard InChI is InChI=1S/C33H28N8O2/c1-20(36-32(42)29-30(34)39-40-18-8-17-35-31(29)40)27-19-22-10-7-9-21(15-16-26-24-13-5-6-14-25(24)37-38-26)28(22)33(43)41(27)23-11-3-2-4-12-23/h2-4,7-12,17-20H,5-6,13-14H2,1H3,(H2,34,39)(H,36,42)(H,37,38)/t20-/m0/s1. The van der Waals surface area contributed by atoms with Crippen molar-refractivity contribution in [1.82, 2.24) is 34.7 Å². The molecule has 10 nitrogen and oxygen atoms in total. The summed E-state index contributed by atoms with van der Waals surface area (Å²) in [4.78, 5) is 32.1. The normalized spacial score (nSPS) is 13.3. The Bertz CT molecular complexity index is 2150. The number of pyridine rings is 1. The number of nitrogens with two attached hydrogens (primary N) is 1. The molecule has 4 N–H and O–H groups in total. The molecule has 10 heteroatoms. The van der Waals surface area contributed by atoms with Crippen LogP contribution >= 0.6 is 0 Å². The topological polar surface area (TPSA) is 136 Å². The molecule has 7 rings (SSSR count). The molecule has 1 aliphatic carbocycles. The van der Waals surface area contributed by atoms with E-state index in [1.165, 1.54) is 10.1 Å². The maximum atomic E-state index is 14.3. The van der Waals surface area contributed by atoms with Crippen LogP contribution in [-0.2, 0) is 12.8 Å². The first-order valence-electron chi connectivity index (χ1n) is 14.2. The third-order valence-corrected chi connectivity index (χ3v) is 7.90. The van der Waals surface area contributed by atoms with Crippen LogP contribution in [0, 0.1) is 11.8 Å². The zero-order chi connectivity index (χ0) is 29.5. The summed E-state index contributed by atoms with van der Waals surface area (Å²) in [6.07, 6.45) is 7.46. The molecule has 0 saturated carbocycles. The predicted octanol–water partition coefficient (Wildman–Crippen LogP) is 4.11. The zero-order valence-corrected chi connectivity index (χ0v) is 23.5. The van der Waals surface area contributed by atoms with Gasteiger partial charge >= 0.3 is 0 Å². The van der Waals surface area contributed by atoms with Gasteiger partial charge in [-0.05, 0) is 74.2 Å². The van der Waals surface area contributed by atoms with Crippen LogP contribution in [0.4, 0.5) is 5.82 Å². The summed E-state index contributed by atoms with van der Waals surface area (Å²) in [5.41, 5.74) is 11.4. The number of benzene rings is 2. The third kappa shape index (κ3) is 4.61. The Morgan fingerprint density at radius 3 is 2.77 bits per heavy atom. The zero-order valence-electron chi connectivity index (χ0n) is 23.5. The Morgan fingerprint density at radius 1 is 1.07 bits per heavy atom. The number of amides is 1. The number of aromatic amines is 1. The molecule has 0 radical (unpaired) electrons. The number of nitrogen functional groups attached to an aromatic ring is 1. The number of nitrogens with zero attached hydrogens (tertiary/aromatic N) is 5. The Hall–Kier alpha value is -5.69. The number of carbonyl (C=O) groups excluding carboxylic acids is 1. The van der Waals surface area contributed by atoms with Gasteiger partial charge in [0.2, 0.25) is 0 Å². The lowest BCUT2D eigenvalue weighted by Crippen LogP contribution is -2.32. The maximum Gasteiger partial charge on any atom is 0.264 e. The molecule has 4 heterocycles. The predicted molar refractivity (Wildman–Crippen MR) is 164 cm³/mol. The minimum absolute atomic E-state index is 0.0729. The Kier molecular flexibility index (Phi) is 6.47. The van der Waals surface area contributed by atoms with Gasteiger partial charge in [-0.25, -0.2) is 9.50 Å². The molecule has 1 atom stereocenters. The van der Waals surface area contributed by atoms with Crippen LogP contribution in [0.2, 0.25) is 0 Å². The van der Waals surface area contributed by atoms with E-state index < -0.39 is 11.9 Å². The largest absolute Gasteiger partial charge is 0.381 e. The van der Waals surface area contributed by atoms with Crippen molar-refractivity contribution < 1.29 is 4.79 Å². The molecule has 4 aromatic heterocycles. The summed E-state index contributed by atoms with van der Waals surface area (Å²) >= 11 is 0. The summed E-state index contributed by atoms with van der Waals surface area (Å²) in [5.74, 6) is 6.10. The van der Waals surface area contributed by atoms with Crippen LogP contribution in [0.1, 0.15) is 64.4 Å². The SMILES string of the molecule is C[C@H](NC(=O)c1c(N)nn2cccnc12)c1cc2cccc(C#Cc3n[nH]c4c3CCCC4)c2c(=O)n1-c1ccccc1. The summed E-state index contributed by atoms with van der Waals surface area (Å²) < 4.78 is 3.10. The fourth-order valence-corrected chi connectivity index (χ4v) is 5.82. The molecule has 6 aromatic rings. The average molecular weight is 569 g/mol. The number of aryl methyl sites for hydroxylation is 1. The minimum Gasteiger partial charge on any atom is -0.381 e. The number of fused-ring (bicyclic) bond motifs is 3. The van der Waals surface area contributed by atoms with Gasteiger partial charge in [0.15, 0.2) is 11.5 Å². The second-order valence-corrected chi connectivity index (χ2v) is 10.6. The first kappa shape index (κ1) is 26.2. The van der Waals surface area contributed by atoms with Crippen molar-refractivity contribution in [3.05, 3.63) is 117 Å². The van der Waals surface area contributed by atoms with Crippen molar-refractivity contribution in [3.8, 4) is 17.5 Å². The van der Waals surface area contributed by atoms with Gasteiger partial charge in [0.1, 0.15) is 11.3 Å². The molecule has 0 spiro atoms. The summed E-state index contributed by atoms with van der Waals surface area (Å²) in [6.45, 7) is 1.83. The van der Waals surface area contributed by atoms with Gasteiger partial charge in [0.25, 0.3) is 11.5 Å². The lowest BCUT2D eigenvalue weighted by atomic mass is 9.96. The van der Waals surface area contributed by atoms with Crippen molar-refractivity contribution in [2.24, 2.45) is 0 Å². The van der Waals surface area contributed by atoms with E-state index in [9.17, 15) is 9.59 Å². The van der Waals surface area contributed by atoms with Crippen molar-refractivity contribution in [2.75, 3.05) is 5.73 Å². The van der Waals surface area contributed by atoms with E-state index in [1.54, 1.807) is 23.0 Å². The lowest BCUT2D eigenvalue weighted by Gasteiger charge is -2.21. The summed E-state index contributed by atoms with van der Waals surface area (Å²) in [7, 11) is 0. The van der Waals surface area contributed by atoms with E-state index in [0.29, 0.717) is 28.0 Å². The Labute approximate surface area is 246 Å². The highest BCUT2D eigenvalue weighted by Crippen LogP contribution is 2.25. The monoisotopic (exact) mass is 568 g/mol. The van der Waals surface area contributed by atoms with Gasteiger partial charge in [-0.2, -0.15) is 5.10 Å². The fourth-order valence-electron chi connectivity index (χ4n) is 5.82. The number of H-pyrrole nitrogens is 1. The second-order valence-electron chi connectivity index (χ2n) is 10.6. The van der Waals surface area contributed by atoms with Crippen LogP contribution in [0.5, 0.6) is 0 Å². The van der Waals surface area contributed by atoms with E-state index in [-0.39, 0.29) is 16.9 Å². The molecule has 212 valence electrons. The van der Waals surface area contributed by atoms with Crippen molar-refractivity contribution in [1.29, 1.82) is 0 Å². The number of rotatable bonds is 4. The molecule has 0 unspecified atom stereocenters. The smallest absolute Gasteiger partial charge is 0.264 e. The van der Waals surface area contributed by atoms with Crippen molar-refractivity contribution in [3.63, 3.8) is 0 Å². The van der Waals surface area contributed by atoms with Crippen LogP contribution in [0.15, 0.2) is 77.9 Å². The van der Waals surface area contributed by atoms with Crippen LogP contribution in [0.25, 0.3) is 22.1 Å². The third-order valence-electron chi connectivity index (χ3n) is 7.90. The fraction of sp³-hybridized carbons (Fsp3) is 0.182. The number of hydrogen-bond donors (Lipinski definition) is 3. The van der Waals surface area contributed by atoms with Gasteiger partial charge in [-0.3, -0.25) is 19.3 Å². The molecule has 2 aromatic carbocycles. The number of aromatic nitrogens is 6. The van der Waals surface area contributed by atoms with E-state index in [4.69, 9.17) is 5.73 Å². The average Bonchev–Trinajstić information content (AvgIpc) is 3.60. The Morgan fingerprint density at radius 2 is 1.91 bits per heavy atom. The first-order chi connectivity index (χ1) is 21.0. The highest BCUT2D eigenvalue weighted by atomic mass is 16.2. The van der Waals surface area contributed by atoms with Crippen molar-refractivity contribution in [2.45, 2.75) is 38.6 Å². The van der Waals surface area contributed by atoms with E-state index >= 15 is 0 Å². The quantitative estimate of drug-likeness (QED) is 0.274. The number of para-hydroxylation sites is 1. The minimum atomic E-state index is -0.576. The first-order valence-corrected chi connectivity index (χ1v) is 14.2. The van der Waals surface area contributed by atoms with E-state index in [1.807, 2.05) is 61.5 Å². The summed E-state index contributed by atoms with van der Waals surface area (Å²) in [5, 5.41) is 16.0. The molecule has 0 saturated heterocycles. The van der Waals surface area contributed by atoms with Crippen LogP contribution in [0.3, 0.4) is 0 Å². The number of anilines is 1. The molecule has 0 bridgehead atoms. The van der Waals surface area contributed by atoms with Gasteiger partial charge < -0.3 is 11.1 Å². The van der Waals surface area contributed by atoms with Gasteiger partial charge in [0, 0.05) is 40.6 Å². The second kappa shape index (κ2) is 10.6. The molecular weight excluding hydrogens is 540 g/mol. The summed E-state index contributed by atoms with van der Waals surface area (Å²) in [6, 6.07) is 18.1. The lowest BCUT2D eigenvalue weighted by molar-refractivity contribution is 0.0941. The van der Waals surface area contributed by atoms with Crippen LogP contribution in [-0.4, -0.2) is 35.3 Å². The molecule has 43 heavy (non-hydrogen) atoms. The highest BCUT2D eigenvalue weighted by molar-refractivity contribution is 6.04. The van der Waals surface area contributed by atoms with Gasteiger partial charge in [-0.1, -0.05) is 36.3 Å². The van der Waals surface area contributed by atoms with Crippen molar-refractivity contribution >= 4 is 28.1 Å². The van der Waals surface area contributed by atoms with E-state index in [0.717, 1.165) is 42.5 Å².